The minimum atomic E-state index is -3.95. The van der Waals surface area contributed by atoms with Crippen molar-refractivity contribution in [2.75, 3.05) is 30.1 Å². The molecule has 0 heterocycles. The summed E-state index contributed by atoms with van der Waals surface area (Å²) >= 11 is 6.01. The molecule has 0 aromatic heterocycles. The Labute approximate surface area is 178 Å². The van der Waals surface area contributed by atoms with Crippen molar-refractivity contribution >= 4 is 44.6 Å². The quantitative estimate of drug-likeness (QED) is 0.476. The van der Waals surface area contributed by atoms with E-state index in [4.69, 9.17) is 21.1 Å². The monoisotopic (exact) mass is 457 g/mol. The van der Waals surface area contributed by atoms with E-state index in [1.807, 2.05) is 0 Å². The van der Waals surface area contributed by atoms with Gasteiger partial charge >= 0.3 is 0 Å². The SMILES string of the molecule is COc1ccc([N+](=O)[O-])cc1NC(=O)[C@@H](C)N(c1cc(Cl)ccc1OC)S(C)(=O)=O. The number of nitrogens with one attached hydrogen (secondary N) is 1. The number of sulfonamides is 1. The van der Waals surface area contributed by atoms with E-state index in [2.05, 4.69) is 5.32 Å². The summed E-state index contributed by atoms with van der Waals surface area (Å²) in [6.45, 7) is 1.36. The third kappa shape index (κ3) is 5.10. The first-order chi connectivity index (χ1) is 14.0. The molecule has 2 aromatic carbocycles. The standard InChI is InChI=1S/C18H20ClN3O7S/c1-11(18(23)20-14-10-13(22(24)25)6-8-16(14)28-2)21(30(4,26)27)15-9-12(19)5-7-17(15)29-3/h5-11H,1-4H3,(H,20,23)/t11-/m1/s1. The number of carbonyl (C=O) groups is 1. The van der Waals surface area contributed by atoms with Gasteiger partial charge in [-0.1, -0.05) is 11.6 Å². The van der Waals surface area contributed by atoms with Gasteiger partial charge in [-0.15, -0.1) is 0 Å². The molecule has 0 aliphatic carbocycles. The van der Waals surface area contributed by atoms with Crippen LogP contribution in [0.5, 0.6) is 11.5 Å². The van der Waals surface area contributed by atoms with E-state index < -0.39 is 26.9 Å². The van der Waals surface area contributed by atoms with Crippen molar-refractivity contribution in [1.29, 1.82) is 0 Å². The van der Waals surface area contributed by atoms with E-state index in [9.17, 15) is 23.3 Å². The number of methoxy groups -OCH3 is 2. The van der Waals surface area contributed by atoms with Crippen LogP contribution < -0.4 is 19.1 Å². The molecular weight excluding hydrogens is 438 g/mol. The molecule has 0 unspecified atom stereocenters. The highest BCUT2D eigenvalue weighted by Crippen LogP contribution is 2.35. The van der Waals surface area contributed by atoms with Crippen molar-refractivity contribution in [3.63, 3.8) is 0 Å². The van der Waals surface area contributed by atoms with E-state index in [1.54, 1.807) is 0 Å². The van der Waals surface area contributed by atoms with Gasteiger partial charge in [0.25, 0.3) is 5.69 Å². The van der Waals surface area contributed by atoms with E-state index >= 15 is 0 Å². The Balaban J connectivity index is 2.47. The van der Waals surface area contributed by atoms with Gasteiger partial charge in [0.1, 0.15) is 17.5 Å². The Kier molecular flexibility index (Phi) is 7.11. The normalized spacial score (nSPS) is 12.0. The molecule has 0 fully saturated rings. The van der Waals surface area contributed by atoms with Crippen LogP contribution in [-0.2, 0) is 14.8 Å². The van der Waals surface area contributed by atoms with E-state index in [0.29, 0.717) is 0 Å². The van der Waals surface area contributed by atoms with Crippen molar-refractivity contribution < 1.29 is 27.6 Å². The Hall–Kier alpha value is -3.05. The van der Waals surface area contributed by atoms with Crippen molar-refractivity contribution in [3.8, 4) is 11.5 Å². The third-order valence-corrected chi connectivity index (χ3v) is 5.58. The first-order valence-corrected chi connectivity index (χ1v) is 10.7. The Bertz CT molecular complexity index is 1080. The molecule has 1 amide bonds. The molecule has 0 bridgehead atoms. The van der Waals surface area contributed by atoms with E-state index in [0.717, 1.165) is 16.6 Å². The number of nitro benzene ring substituents is 1. The number of nitro groups is 1. The van der Waals surface area contributed by atoms with Crippen LogP contribution in [0.15, 0.2) is 36.4 Å². The highest BCUT2D eigenvalue weighted by molar-refractivity contribution is 7.92. The van der Waals surface area contributed by atoms with Crippen molar-refractivity contribution in [3.05, 3.63) is 51.5 Å². The van der Waals surface area contributed by atoms with E-state index in [1.165, 1.54) is 51.5 Å². The number of halogens is 1. The van der Waals surface area contributed by atoms with Gasteiger partial charge in [0.05, 0.1) is 36.8 Å². The Morgan fingerprint density at radius 1 is 1.17 bits per heavy atom. The average molecular weight is 458 g/mol. The molecule has 2 rings (SSSR count). The lowest BCUT2D eigenvalue weighted by Crippen LogP contribution is -2.45. The second-order valence-electron chi connectivity index (χ2n) is 6.18. The van der Waals surface area contributed by atoms with Crippen LogP contribution in [0.4, 0.5) is 17.1 Å². The largest absolute Gasteiger partial charge is 0.495 e. The Morgan fingerprint density at radius 3 is 2.30 bits per heavy atom. The van der Waals surface area contributed by atoms with Gasteiger partial charge < -0.3 is 14.8 Å². The van der Waals surface area contributed by atoms with Crippen molar-refractivity contribution in [2.24, 2.45) is 0 Å². The number of hydrogen-bond donors (Lipinski definition) is 1. The van der Waals surface area contributed by atoms with Crippen LogP contribution in [0.3, 0.4) is 0 Å². The van der Waals surface area contributed by atoms with Gasteiger partial charge in [0.15, 0.2) is 0 Å². The summed E-state index contributed by atoms with van der Waals surface area (Å²) in [4.78, 5) is 23.3. The van der Waals surface area contributed by atoms with Gasteiger partial charge in [0.2, 0.25) is 15.9 Å². The fourth-order valence-electron chi connectivity index (χ4n) is 2.76. The van der Waals surface area contributed by atoms with Crippen LogP contribution in [-0.4, -0.2) is 45.8 Å². The van der Waals surface area contributed by atoms with Gasteiger partial charge in [0, 0.05) is 17.2 Å². The Morgan fingerprint density at radius 2 is 1.77 bits per heavy atom. The molecule has 1 atom stereocenters. The fourth-order valence-corrected chi connectivity index (χ4v) is 4.10. The summed E-state index contributed by atoms with van der Waals surface area (Å²) in [7, 11) is -1.26. The highest BCUT2D eigenvalue weighted by atomic mass is 35.5. The molecule has 0 saturated heterocycles. The lowest BCUT2D eigenvalue weighted by atomic mass is 10.2. The number of amides is 1. The van der Waals surface area contributed by atoms with Crippen molar-refractivity contribution in [2.45, 2.75) is 13.0 Å². The van der Waals surface area contributed by atoms with Crippen LogP contribution in [0.2, 0.25) is 5.02 Å². The zero-order chi connectivity index (χ0) is 22.6. The first-order valence-electron chi connectivity index (χ1n) is 8.45. The first kappa shape index (κ1) is 23.2. The second kappa shape index (κ2) is 9.18. The van der Waals surface area contributed by atoms with Crippen LogP contribution in [0.25, 0.3) is 0 Å². The summed E-state index contributed by atoms with van der Waals surface area (Å²) < 4.78 is 36.2. The molecule has 0 spiro atoms. The maximum atomic E-state index is 12.9. The number of non-ortho nitro benzene ring substituents is 1. The maximum Gasteiger partial charge on any atom is 0.271 e. The van der Waals surface area contributed by atoms with Gasteiger partial charge in [-0.05, 0) is 31.2 Å². The summed E-state index contributed by atoms with van der Waals surface area (Å²) in [5.74, 6) is -0.383. The third-order valence-electron chi connectivity index (χ3n) is 4.12. The predicted molar refractivity (Wildman–Crippen MR) is 113 cm³/mol. The molecule has 30 heavy (non-hydrogen) atoms. The number of nitrogens with zero attached hydrogens (tertiary/aromatic N) is 2. The highest BCUT2D eigenvalue weighted by Gasteiger charge is 2.32. The molecule has 0 radical (unpaired) electrons. The minimum absolute atomic E-state index is 0.0232. The van der Waals surface area contributed by atoms with Crippen LogP contribution in [0.1, 0.15) is 6.92 Å². The summed E-state index contributed by atoms with van der Waals surface area (Å²) in [6.07, 6.45) is 0.936. The lowest BCUT2D eigenvalue weighted by molar-refractivity contribution is -0.384. The number of hydrogen-bond acceptors (Lipinski definition) is 7. The number of benzene rings is 2. The number of rotatable bonds is 8. The molecule has 0 aliphatic rings. The molecule has 2 aromatic rings. The zero-order valence-electron chi connectivity index (χ0n) is 16.6. The summed E-state index contributed by atoms with van der Waals surface area (Å²) in [5.41, 5.74) is -0.175. The fraction of sp³-hybridized carbons (Fsp3) is 0.278. The number of ether oxygens (including phenoxy) is 2. The van der Waals surface area contributed by atoms with Gasteiger partial charge in [-0.25, -0.2) is 8.42 Å². The summed E-state index contributed by atoms with van der Waals surface area (Å²) in [5, 5.41) is 13.8. The zero-order valence-corrected chi connectivity index (χ0v) is 18.2. The minimum Gasteiger partial charge on any atom is -0.495 e. The number of carbonyl (C=O) groups excluding carboxylic acids is 1. The molecule has 1 N–H and O–H groups in total. The molecule has 10 nitrogen and oxygen atoms in total. The predicted octanol–water partition coefficient (Wildman–Crippen LogP) is 3.06. The second-order valence-corrected chi connectivity index (χ2v) is 8.48. The van der Waals surface area contributed by atoms with Crippen LogP contribution >= 0.6 is 11.6 Å². The topological polar surface area (TPSA) is 128 Å². The van der Waals surface area contributed by atoms with Gasteiger partial charge in [-0.2, -0.15) is 0 Å². The molecular formula is C18H20ClN3O7S. The lowest BCUT2D eigenvalue weighted by Gasteiger charge is -2.29. The van der Waals surface area contributed by atoms with Crippen LogP contribution in [0, 0.1) is 10.1 Å². The smallest absolute Gasteiger partial charge is 0.271 e. The maximum absolute atomic E-state index is 12.9. The molecule has 0 saturated carbocycles. The molecule has 12 heteroatoms. The molecule has 162 valence electrons. The number of anilines is 2. The van der Waals surface area contributed by atoms with E-state index in [-0.39, 0.29) is 33.6 Å². The summed E-state index contributed by atoms with van der Waals surface area (Å²) in [6, 6.07) is 6.77. The van der Waals surface area contributed by atoms with Crippen molar-refractivity contribution in [1.82, 2.24) is 0 Å². The van der Waals surface area contributed by atoms with Gasteiger partial charge in [-0.3, -0.25) is 19.2 Å². The average Bonchev–Trinajstić information content (AvgIpc) is 2.67. The molecule has 0 aliphatic heterocycles.